The van der Waals surface area contributed by atoms with Crippen molar-refractivity contribution >= 4 is 0 Å². The number of ether oxygens (including phenoxy) is 1. The highest BCUT2D eigenvalue weighted by Gasteiger charge is 2.23. The number of aryl methyl sites for hydroxylation is 2. The minimum absolute atomic E-state index is 0.0212. The summed E-state index contributed by atoms with van der Waals surface area (Å²) in [6.07, 6.45) is 7.19. The number of nitrogens with zero attached hydrogens (tertiary/aromatic N) is 4. The van der Waals surface area contributed by atoms with Gasteiger partial charge in [-0.3, -0.25) is 4.90 Å². The molecule has 1 N–H and O–H groups in total. The lowest BCUT2D eigenvalue weighted by molar-refractivity contribution is -0.0354. The lowest BCUT2D eigenvalue weighted by atomic mass is 10.2. The molecular weight excluding hydrogens is 290 g/mol. The molecule has 1 saturated heterocycles. The Labute approximate surface area is 137 Å². The maximum atomic E-state index is 5.89. The molecule has 0 spiro atoms. The number of morpholine rings is 1. The van der Waals surface area contributed by atoms with Gasteiger partial charge >= 0.3 is 0 Å². The highest BCUT2D eigenvalue weighted by molar-refractivity contribution is 5.08. The van der Waals surface area contributed by atoms with Crippen LogP contribution in [0.15, 0.2) is 18.5 Å². The minimum Gasteiger partial charge on any atom is -0.369 e. The van der Waals surface area contributed by atoms with Crippen LogP contribution in [0.4, 0.5) is 0 Å². The Morgan fingerprint density at radius 3 is 3.13 bits per heavy atom. The topological polar surface area (TPSA) is 66.9 Å². The second-order valence-corrected chi connectivity index (χ2v) is 6.08. The van der Waals surface area contributed by atoms with Crippen molar-refractivity contribution in [3.8, 4) is 0 Å². The molecule has 0 radical (unpaired) electrons. The second-order valence-electron chi connectivity index (χ2n) is 6.08. The van der Waals surface area contributed by atoms with E-state index < -0.39 is 0 Å². The molecule has 2 aromatic heterocycles. The Kier molecular flexibility index (Phi) is 5.35. The largest absolute Gasteiger partial charge is 0.369 e. The van der Waals surface area contributed by atoms with Crippen molar-refractivity contribution < 1.29 is 4.74 Å². The first-order chi connectivity index (χ1) is 11.2. The summed E-state index contributed by atoms with van der Waals surface area (Å²) in [6.45, 7) is 7.50. The van der Waals surface area contributed by atoms with Crippen LogP contribution in [0.5, 0.6) is 0 Å². The number of rotatable bonds is 6. The van der Waals surface area contributed by atoms with Crippen LogP contribution >= 0.6 is 0 Å². The zero-order chi connectivity index (χ0) is 16.1. The van der Waals surface area contributed by atoms with E-state index in [1.807, 2.05) is 19.2 Å². The standard InChI is InChI=1S/C17H25N5O/c1-3-4-5-17-19-10-14(21-17)11-22-8-9-23-16(12-22)15-6-7-18-13(2)20-15/h6-7,10,16H,3-5,8-9,11-12H2,1-2H3,(H,19,21). The monoisotopic (exact) mass is 315 g/mol. The average Bonchev–Trinajstić information content (AvgIpc) is 3.00. The van der Waals surface area contributed by atoms with E-state index in [2.05, 4.69) is 31.8 Å². The van der Waals surface area contributed by atoms with Crippen LogP contribution in [0.2, 0.25) is 0 Å². The Balaban J connectivity index is 1.59. The lowest BCUT2D eigenvalue weighted by Gasteiger charge is -2.32. The first kappa shape index (κ1) is 16.1. The number of H-pyrrole nitrogens is 1. The fourth-order valence-corrected chi connectivity index (χ4v) is 2.88. The smallest absolute Gasteiger partial charge is 0.125 e. The number of imidazole rings is 1. The van der Waals surface area contributed by atoms with Crippen molar-refractivity contribution in [3.05, 3.63) is 41.5 Å². The van der Waals surface area contributed by atoms with E-state index >= 15 is 0 Å². The average molecular weight is 315 g/mol. The first-order valence-corrected chi connectivity index (χ1v) is 8.41. The highest BCUT2D eigenvalue weighted by atomic mass is 16.5. The molecule has 2 aromatic rings. The van der Waals surface area contributed by atoms with Gasteiger partial charge in [0.05, 0.1) is 12.3 Å². The molecule has 0 amide bonds. The molecule has 0 aliphatic carbocycles. The van der Waals surface area contributed by atoms with E-state index in [1.54, 1.807) is 6.20 Å². The van der Waals surface area contributed by atoms with Crippen LogP contribution in [0.1, 0.15) is 48.9 Å². The van der Waals surface area contributed by atoms with Gasteiger partial charge in [0.1, 0.15) is 17.8 Å². The van der Waals surface area contributed by atoms with Gasteiger partial charge in [0, 0.05) is 44.1 Å². The predicted octanol–water partition coefficient (Wildman–Crippen LogP) is 2.42. The van der Waals surface area contributed by atoms with Crippen LogP contribution in [-0.2, 0) is 17.7 Å². The summed E-state index contributed by atoms with van der Waals surface area (Å²) in [5, 5.41) is 0. The summed E-state index contributed by atoms with van der Waals surface area (Å²) in [5.74, 6) is 1.88. The van der Waals surface area contributed by atoms with Gasteiger partial charge in [-0.25, -0.2) is 15.0 Å². The fraction of sp³-hybridized carbons (Fsp3) is 0.588. The molecule has 0 bridgehead atoms. The molecule has 1 unspecified atom stereocenters. The molecule has 6 nitrogen and oxygen atoms in total. The van der Waals surface area contributed by atoms with Crippen molar-refractivity contribution in [2.75, 3.05) is 19.7 Å². The van der Waals surface area contributed by atoms with Crippen LogP contribution in [0, 0.1) is 6.92 Å². The molecule has 1 fully saturated rings. The SMILES string of the molecule is CCCCc1ncc(CN2CCOC(c3ccnc(C)n3)C2)[nH]1. The van der Waals surface area contributed by atoms with Crippen molar-refractivity contribution in [1.82, 2.24) is 24.8 Å². The van der Waals surface area contributed by atoms with Crippen LogP contribution in [0.25, 0.3) is 0 Å². The van der Waals surface area contributed by atoms with Gasteiger partial charge in [0.15, 0.2) is 0 Å². The Hall–Kier alpha value is -1.79. The predicted molar refractivity (Wildman–Crippen MR) is 87.9 cm³/mol. The van der Waals surface area contributed by atoms with Crippen LogP contribution < -0.4 is 0 Å². The van der Waals surface area contributed by atoms with E-state index in [-0.39, 0.29) is 6.10 Å². The van der Waals surface area contributed by atoms with Gasteiger partial charge in [0.25, 0.3) is 0 Å². The molecule has 124 valence electrons. The molecular formula is C17H25N5O. The summed E-state index contributed by atoms with van der Waals surface area (Å²) >= 11 is 0. The van der Waals surface area contributed by atoms with Gasteiger partial charge in [-0.1, -0.05) is 13.3 Å². The number of nitrogens with one attached hydrogen (secondary N) is 1. The third-order valence-electron chi connectivity index (χ3n) is 4.12. The third-order valence-corrected chi connectivity index (χ3v) is 4.12. The summed E-state index contributed by atoms with van der Waals surface area (Å²) < 4.78 is 5.89. The quantitative estimate of drug-likeness (QED) is 0.887. The Bertz CT molecular complexity index is 627. The van der Waals surface area contributed by atoms with Crippen molar-refractivity contribution in [3.63, 3.8) is 0 Å². The number of hydrogen-bond acceptors (Lipinski definition) is 5. The molecule has 6 heteroatoms. The van der Waals surface area contributed by atoms with E-state index in [0.29, 0.717) is 0 Å². The fourth-order valence-electron chi connectivity index (χ4n) is 2.88. The van der Waals surface area contributed by atoms with Gasteiger partial charge in [-0.05, 0) is 19.4 Å². The molecule has 1 aliphatic heterocycles. The zero-order valence-electron chi connectivity index (χ0n) is 14.0. The van der Waals surface area contributed by atoms with Crippen LogP contribution in [-0.4, -0.2) is 44.5 Å². The number of unbranched alkanes of at least 4 members (excludes halogenated alkanes) is 1. The van der Waals surface area contributed by atoms with Gasteiger partial charge < -0.3 is 9.72 Å². The Morgan fingerprint density at radius 1 is 1.39 bits per heavy atom. The molecule has 0 aromatic carbocycles. The van der Waals surface area contributed by atoms with Crippen molar-refractivity contribution in [2.24, 2.45) is 0 Å². The molecule has 3 rings (SSSR count). The van der Waals surface area contributed by atoms with Gasteiger partial charge in [-0.15, -0.1) is 0 Å². The van der Waals surface area contributed by atoms with E-state index in [0.717, 1.165) is 50.0 Å². The lowest BCUT2D eigenvalue weighted by Crippen LogP contribution is -2.38. The normalized spacial score (nSPS) is 19.1. The highest BCUT2D eigenvalue weighted by Crippen LogP contribution is 2.21. The van der Waals surface area contributed by atoms with Crippen molar-refractivity contribution in [2.45, 2.75) is 45.8 Å². The molecule has 1 aliphatic rings. The maximum Gasteiger partial charge on any atom is 0.125 e. The Morgan fingerprint density at radius 2 is 2.30 bits per heavy atom. The molecule has 3 heterocycles. The summed E-state index contributed by atoms with van der Waals surface area (Å²) in [6, 6.07) is 1.94. The van der Waals surface area contributed by atoms with Crippen LogP contribution in [0.3, 0.4) is 0 Å². The van der Waals surface area contributed by atoms with Gasteiger partial charge in [0.2, 0.25) is 0 Å². The van der Waals surface area contributed by atoms with E-state index in [1.165, 1.54) is 18.5 Å². The minimum atomic E-state index is 0.0212. The van der Waals surface area contributed by atoms with Crippen molar-refractivity contribution in [1.29, 1.82) is 0 Å². The van der Waals surface area contributed by atoms with Gasteiger partial charge in [-0.2, -0.15) is 0 Å². The number of aromatic nitrogens is 4. The van der Waals surface area contributed by atoms with E-state index in [4.69, 9.17) is 4.74 Å². The third kappa shape index (κ3) is 4.36. The zero-order valence-corrected chi connectivity index (χ0v) is 14.0. The number of aromatic amines is 1. The second kappa shape index (κ2) is 7.66. The molecule has 0 saturated carbocycles. The molecule has 1 atom stereocenters. The van der Waals surface area contributed by atoms with E-state index in [9.17, 15) is 0 Å². The number of hydrogen-bond donors (Lipinski definition) is 1. The molecule has 23 heavy (non-hydrogen) atoms. The summed E-state index contributed by atoms with van der Waals surface area (Å²) in [7, 11) is 0. The summed E-state index contributed by atoms with van der Waals surface area (Å²) in [5.41, 5.74) is 2.14. The summed E-state index contributed by atoms with van der Waals surface area (Å²) in [4.78, 5) is 19.0. The first-order valence-electron chi connectivity index (χ1n) is 8.41. The maximum absolute atomic E-state index is 5.89.